The number of aryl methyl sites for hydroxylation is 2. The van der Waals surface area contributed by atoms with Crippen LogP contribution in [0, 0.1) is 6.92 Å². The van der Waals surface area contributed by atoms with Crippen LogP contribution in [0.3, 0.4) is 0 Å². The number of hydrogen-bond acceptors (Lipinski definition) is 6. The number of carbonyl (C=O) groups is 1. The Morgan fingerprint density at radius 3 is 2.33 bits per heavy atom. The van der Waals surface area contributed by atoms with Crippen molar-refractivity contribution in [2.75, 3.05) is 49.1 Å². The zero-order chi connectivity index (χ0) is 18.6. The van der Waals surface area contributed by atoms with Crippen LogP contribution >= 0.6 is 11.3 Å². The summed E-state index contributed by atoms with van der Waals surface area (Å²) in [6.07, 6.45) is 5.61. The van der Waals surface area contributed by atoms with Crippen LogP contribution in [0.4, 0.5) is 11.6 Å². The zero-order valence-corrected chi connectivity index (χ0v) is 16.7. The Balaban J connectivity index is 1.30. The summed E-state index contributed by atoms with van der Waals surface area (Å²) >= 11 is 1.75. The van der Waals surface area contributed by atoms with Crippen LogP contribution in [0.25, 0.3) is 0 Å². The van der Waals surface area contributed by atoms with Gasteiger partial charge in [-0.2, -0.15) is 0 Å². The molecule has 6 nitrogen and oxygen atoms in total. The number of aromatic nitrogens is 2. The number of carbonyl (C=O) groups excluding carboxylic acids is 1. The molecule has 2 saturated heterocycles. The van der Waals surface area contributed by atoms with Crippen LogP contribution in [-0.2, 0) is 11.2 Å². The molecule has 0 spiro atoms. The van der Waals surface area contributed by atoms with Gasteiger partial charge in [0.25, 0.3) is 0 Å². The van der Waals surface area contributed by atoms with E-state index < -0.39 is 0 Å². The third kappa shape index (κ3) is 4.24. The van der Waals surface area contributed by atoms with E-state index in [1.807, 2.05) is 4.90 Å². The maximum atomic E-state index is 12.6. The van der Waals surface area contributed by atoms with Crippen molar-refractivity contribution in [2.45, 2.75) is 32.6 Å². The summed E-state index contributed by atoms with van der Waals surface area (Å²) in [4.78, 5) is 29.4. The maximum Gasteiger partial charge on any atom is 0.223 e. The Bertz CT molecular complexity index is 778. The van der Waals surface area contributed by atoms with E-state index in [0.717, 1.165) is 57.3 Å². The minimum Gasteiger partial charge on any atom is -0.356 e. The second-order valence-electron chi connectivity index (χ2n) is 7.32. The monoisotopic (exact) mass is 385 g/mol. The first kappa shape index (κ1) is 18.2. The van der Waals surface area contributed by atoms with Gasteiger partial charge >= 0.3 is 0 Å². The van der Waals surface area contributed by atoms with E-state index in [9.17, 15) is 4.79 Å². The number of thiophene rings is 1. The van der Waals surface area contributed by atoms with Crippen LogP contribution in [-0.4, -0.2) is 60.0 Å². The van der Waals surface area contributed by atoms with Crippen molar-refractivity contribution >= 4 is 28.9 Å². The Kier molecular flexibility index (Phi) is 5.57. The summed E-state index contributed by atoms with van der Waals surface area (Å²) in [6.45, 7) is 7.50. The van der Waals surface area contributed by atoms with E-state index in [-0.39, 0.29) is 5.91 Å². The Morgan fingerprint density at radius 2 is 1.70 bits per heavy atom. The standard InChI is InChI=1S/C20H27N5OS/c1-16-6-13-27-17(16)4-5-20(26)25-11-9-24(10-12-25)19-14-18(21-15-22-19)23-7-2-3-8-23/h6,13-15H,2-5,7-12H2,1H3. The minimum absolute atomic E-state index is 0.267. The molecule has 2 fully saturated rings. The smallest absolute Gasteiger partial charge is 0.223 e. The van der Waals surface area contributed by atoms with Gasteiger partial charge in [0.15, 0.2) is 0 Å². The van der Waals surface area contributed by atoms with Crippen LogP contribution in [0.2, 0.25) is 0 Å². The first-order chi connectivity index (χ1) is 13.2. The first-order valence-electron chi connectivity index (χ1n) is 9.83. The minimum atomic E-state index is 0.267. The third-order valence-electron chi connectivity index (χ3n) is 5.56. The molecular weight excluding hydrogens is 358 g/mol. The molecule has 0 saturated carbocycles. The fraction of sp³-hybridized carbons (Fsp3) is 0.550. The average molecular weight is 386 g/mol. The highest BCUT2D eigenvalue weighted by atomic mass is 32.1. The summed E-state index contributed by atoms with van der Waals surface area (Å²) in [7, 11) is 0. The molecule has 0 aromatic carbocycles. The lowest BCUT2D eigenvalue weighted by Crippen LogP contribution is -2.49. The van der Waals surface area contributed by atoms with E-state index in [0.29, 0.717) is 6.42 Å². The number of rotatable bonds is 5. The topological polar surface area (TPSA) is 52.6 Å². The molecule has 2 aromatic rings. The highest BCUT2D eigenvalue weighted by Crippen LogP contribution is 2.22. The highest BCUT2D eigenvalue weighted by molar-refractivity contribution is 7.10. The van der Waals surface area contributed by atoms with Crippen LogP contribution in [0.5, 0.6) is 0 Å². The molecule has 27 heavy (non-hydrogen) atoms. The molecule has 0 N–H and O–H groups in total. The lowest BCUT2D eigenvalue weighted by Gasteiger charge is -2.35. The van der Waals surface area contributed by atoms with Crippen molar-refractivity contribution in [3.05, 3.63) is 34.3 Å². The SMILES string of the molecule is Cc1ccsc1CCC(=O)N1CCN(c2cc(N3CCCC3)ncn2)CC1. The molecule has 7 heteroatoms. The molecule has 4 rings (SSSR count). The van der Waals surface area contributed by atoms with Crippen LogP contribution < -0.4 is 9.80 Å². The van der Waals surface area contributed by atoms with Gasteiger partial charge in [0.05, 0.1) is 0 Å². The molecule has 0 atom stereocenters. The van der Waals surface area contributed by atoms with Gasteiger partial charge in [-0.1, -0.05) is 0 Å². The molecule has 144 valence electrons. The van der Waals surface area contributed by atoms with E-state index in [2.05, 4.69) is 44.2 Å². The first-order valence-corrected chi connectivity index (χ1v) is 10.7. The van der Waals surface area contributed by atoms with Crippen molar-refractivity contribution in [1.29, 1.82) is 0 Å². The predicted molar refractivity (Wildman–Crippen MR) is 110 cm³/mol. The van der Waals surface area contributed by atoms with Crippen LogP contribution in [0.1, 0.15) is 29.7 Å². The largest absolute Gasteiger partial charge is 0.356 e. The van der Waals surface area contributed by atoms with Gasteiger partial charge in [-0.05, 0) is 43.2 Å². The van der Waals surface area contributed by atoms with Gasteiger partial charge in [0.1, 0.15) is 18.0 Å². The Hall–Kier alpha value is -2.15. The van der Waals surface area contributed by atoms with Crippen molar-refractivity contribution in [3.63, 3.8) is 0 Å². The number of nitrogens with zero attached hydrogens (tertiary/aromatic N) is 5. The van der Waals surface area contributed by atoms with E-state index in [4.69, 9.17) is 0 Å². The lowest BCUT2D eigenvalue weighted by molar-refractivity contribution is -0.131. The zero-order valence-electron chi connectivity index (χ0n) is 15.9. The molecule has 1 amide bonds. The van der Waals surface area contributed by atoms with Crippen LogP contribution in [0.15, 0.2) is 23.8 Å². The highest BCUT2D eigenvalue weighted by Gasteiger charge is 2.23. The summed E-state index contributed by atoms with van der Waals surface area (Å²) in [5.74, 6) is 2.28. The van der Waals surface area contributed by atoms with E-state index in [1.54, 1.807) is 17.7 Å². The molecular formula is C20H27N5OS. The number of anilines is 2. The second kappa shape index (κ2) is 8.25. The van der Waals surface area contributed by atoms with E-state index in [1.165, 1.54) is 23.3 Å². The second-order valence-corrected chi connectivity index (χ2v) is 8.32. The molecule has 2 aliphatic rings. The van der Waals surface area contributed by atoms with Gasteiger partial charge in [-0.3, -0.25) is 4.79 Å². The van der Waals surface area contributed by atoms with Gasteiger partial charge in [-0.25, -0.2) is 9.97 Å². The molecule has 0 aliphatic carbocycles. The van der Waals surface area contributed by atoms with Gasteiger partial charge in [-0.15, -0.1) is 11.3 Å². The average Bonchev–Trinajstić information content (AvgIpc) is 3.38. The van der Waals surface area contributed by atoms with Crippen molar-refractivity contribution in [1.82, 2.24) is 14.9 Å². The molecule has 4 heterocycles. The number of amides is 1. The van der Waals surface area contributed by atoms with Crippen molar-refractivity contribution < 1.29 is 4.79 Å². The van der Waals surface area contributed by atoms with E-state index >= 15 is 0 Å². The quantitative estimate of drug-likeness (QED) is 0.792. The Morgan fingerprint density at radius 1 is 1.04 bits per heavy atom. The summed E-state index contributed by atoms with van der Waals surface area (Å²) in [6, 6.07) is 4.23. The summed E-state index contributed by atoms with van der Waals surface area (Å²) in [5, 5.41) is 2.10. The maximum absolute atomic E-state index is 12.6. The molecule has 0 radical (unpaired) electrons. The predicted octanol–water partition coefficient (Wildman–Crippen LogP) is 2.73. The third-order valence-corrected chi connectivity index (χ3v) is 6.64. The lowest BCUT2D eigenvalue weighted by atomic mass is 10.2. The fourth-order valence-corrected chi connectivity index (χ4v) is 4.76. The normalized spacial score (nSPS) is 17.6. The van der Waals surface area contributed by atoms with Crippen molar-refractivity contribution in [2.24, 2.45) is 0 Å². The number of piperazine rings is 1. The van der Waals surface area contributed by atoms with Crippen molar-refractivity contribution in [3.8, 4) is 0 Å². The summed E-state index contributed by atoms with van der Waals surface area (Å²) < 4.78 is 0. The molecule has 2 aromatic heterocycles. The number of hydrogen-bond donors (Lipinski definition) is 0. The Labute approximate surface area is 164 Å². The van der Waals surface area contributed by atoms with Gasteiger partial charge in [0.2, 0.25) is 5.91 Å². The van der Waals surface area contributed by atoms with Gasteiger partial charge < -0.3 is 14.7 Å². The molecule has 2 aliphatic heterocycles. The fourth-order valence-electron chi connectivity index (χ4n) is 3.85. The van der Waals surface area contributed by atoms with Gasteiger partial charge in [0, 0.05) is 56.6 Å². The summed E-state index contributed by atoms with van der Waals surface area (Å²) in [5.41, 5.74) is 1.30. The molecule has 0 unspecified atom stereocenters. The molecule has 0 bridgehead atoms.